The lowest BCUT2D eigenvalue weighted by atomic mass is 9.87. The zero-order valence-electron chi connectivity index (χ0n) is 28.5. The molecule has 5 rings (SSSR count). The van der Waals surface area contributed by atoms with Gasteiger partial charge in [-0.05, 0) is 64.7 Å². The lowest BCUT2D eigenvalue weighted by molar-refractivity contribution is -0.116. The van der Waals surface area contributed by atoms with Crippen LogP contribution in [0.5, 0.6) is 23.1 Å². The van der Waals surface area contributed by atoms with Crippen LogP contribution in [0, 0.1) is 0 Å². The molecule has 254 valence electrons. The Kier molecular flexibility index (Phi) is 11.7. The summed E-state index contributed by atoms with van der Waals surface area (Å²) in [7, 11) is 1.59. The third-order valence-corrected chi connectivity index (χ3v) is 8.61. The Balaban J connectivity index is 1.44. The van der Waals surface area contributed by atoms with E-state index in [1.807, 2.05) is 47.4 Å². The van der Waals surface area contributed by atoms with Crippen molar-refractivity contribution in [2.75, 3.05) is 55.0 Å². The SMILES string of the molecule is COc1ccccc1Oc1c(NSc2ccc(C(C)(C)C)cc2)nc(N2CCOCC2)nc1OCCC(=O)Nc1ccccc1C(C)C. The van der Waals surface area contributed by atoms with Gasteiger partial charge in [0.1, 0.15) is 0 Å². The third kappa shape index (κ3) is 9.11. The molecule has 1 amide bonds. The number of anilines is 3. The van der Waals surface area contributed by atoms with Crippen molar-refractivity contribution in [3.8, 4) is 23.1 Å². The summed E-state index contributed by atoms with van der Waals surface area (Å²) in [4.78, 5) is 25.8. The number of carbonyl (C=O) groups excluding carboxylic acids is 1. The summed E-state index contributed by atoms with van der Waals surface area (Å²) >= 11 is 1.41. The van der Waals surface area contributed by atoms with Crippen LogP contribution in [0.3, 0.4) is 0 Å². The molecule has 2 heterocycles. The van der Waals surface area contributed by atoms with Crippen molar-refractivity contribution in [3.05, 3.63) is 83.9 Å². The molecule has 10 nitrogen and oxygen atoms in total. The number of hydrogen-bond acceptors (Lipinski definition) is 10. The normalized spacial score (nSPS) is 13.3. The molecule has 1 aromatic heterocycles. The predicted octanol–water partition coefficient (Wildman–Crippen LogP) is 8.06. The molecular formula is C37H45N5O5S. The Hall–Kier alpha value is -4.48. The molecule has 4 aromatic rings. The summed E-state index contributed by atoms with van der Waals surface area (Å²) in [6, 6.07) is 23.6. The van der Waals surface area contributed by atoms with Gasteiger partial charge in [-0.3, -0.25) is 4.79 Å². The maximum atomic E-state index is 13.1. The number of benzene rings is 3. The average Bonchev–Trinajstić information content (AvgIpc) is 3.08. The molecule has 0 spiro atoms. The number of para-hydroxylation sites is 3. The molecule has 0 unspecified atom stereocenters. The summed E-state index contributed by atoms with van der Waals surface area (Å²) in [5.41, 5.74) is 3.17. The first-order valence-electron chi connectivity index (χ1n) is 16.2. The van der Waals surface area contributed by atoms with Crippen LogP contribution in [-0.4, -0.2) is 55.9 Å². The monoisotopic (exact) mass is 671 g/mol. The summed E-state index contributed by atoms with van der Waals surface area (Å²) < 4.78 is 27.3. The molecule has 0 aliphatic carbocycles. The largest absolute Gasteiger partial charge is 0.493 e. The van der Waals surface area contributed by atoms with Crippen LogP contribution in [0.2, 0.25) is 0 Å². The second kappa shape index (κ2) is 16.1. The van der Waals surface area contributed by atoms with E-state index in [4.69, 9.17) is 28.9 Å². The summed E-state index contributed by atoms with van der Waals surface area (Å²) in [5.74, 6) is 2.51. The molecule has 0 saturated carbocycles. The van der Waals surface area contributed by atoms with Gasteiger partial charge in [0, 0.05) is 23.7 Å². The summed E-state index contributed by atoms with van der Waals surface area (Å²) in [5, 5.41) is 3.04. The number of amides is 1. The van der Waals surface area contributed by atoms with E-state index < -0.39 is 0 Å². The molecule has 0 radical (unpaired) electrons. The van der Waals surface area contributed by atoms with Crippen molar-refractivity contribution in [2.24, 2.45) is 0 Å². The Morgan fingerprint density at radius 2 is 1.65 bits per heavy atom. The van der Waals surface area contributed by atoms with Crippen molar-refractivity contribution in [3.63, 3.8) is 0 Å². The highest BCUT2D eigenvalue weighted by molar-refractivity contribution is 8.00. The van der Waals surface area contributed by atoms with Crippen LogP contribution in [-0.2, 0) is 14.9 Å². The first kappa shape index (κ1) is 34.8. The molecule has 1 aliphatic heterocycles. The number of ether oxygens (including phenoxy) is 4. The van der Waals surface area contributed by atoms with Gasteiger partial charge in [0.25, 0.3) is 5.88 Å². The number of methoxy groups -OCH3 is 1. The fraction of sp³-hybridized carbons (Fsp3) is 0.378. The van der Waals surface area contributed by atoms with E-state index in [1.165, 1.54) is 17.5 Å². The first-order chi connectivity index (χ1) is 23.1. The van der Waals surface area contributed by atoms with E-state index in [9.17, 15) is 4.79 Å². The van der Waals surface area contributed by atoms with Gasteiger partial charge >= 0.3 is 0 Å². The van der Waals surface area contributed by atoms with Crippen LogP contribution in [0.4, 0.5) is 17.5 Å². The van der Waals surface area contributed by atoms with Crippen molar-refractivity contribution in [1.29, 1.82) is 0 Å². The van der Waals surface area contributed by atoms with Crippen LogP contribution < -0.4 is 29.1 Å². The van der Waals surface area contributed by atoms with Gasteiger partial charge in [-0.25, -0.2) is 0 Å². The Morgan fingerprint density at radius 1 is 0.958 bits per heavy atom. The van der Waals surface area contributed by atoms with Gasteiger partial charge in [0.2, 0.25) is 17.6 Å². The van der Waals surface area contributed by atoms with Crippen LogP contribution in [0.15, 0.2) is 77.7 Å². The van der Waals surface area contributed by atoms with Gasteiger partial charge in [-0.15, -0.1) is 0 Å². The number of aromatic nitrogens is 2. The average molecular weight is 672 g/mol. The molecule has 3 aromatic carbocycles. The Labute approximate surface area is 287 Å². The highest BCUT2D eigenvalue weighted by atomic mass is 32.2. The van der Waals surface area contributed by atoms with E-state index in [-0.39, 0.29) is 41.9 Å². The molecule has 0 atom stereocenters. The van der Waals surface area contributed by atoms with E-state index in [2.05, 4.69) is 68.9 Å². The minimum absolute atomic E-state index is 0.0487. The molecular weight excluding hydrogens is 627 g/mol. The van der Waals surface area contributed by atoms with Crippen LogP contribution in [0.25, 0.3) is 0 Å². The van der Waals surface area contributed by atoms with Crippen molar-refractivity contribution >= 4 is 35.3 Å². The standard InChI is InChI=1S/C37H45N5O5S/c1-25(2)28-11-7-8-12-29(28)38-32(43)19-22-46-35-33(47-31-14-10-9-13-30(31)44-6)34(39-36(40-35)42-20-23-45-24-21-42)41-48-27-17-15-26(16-18-27)37(3,4)5/h7-18,25H,19-24H2,1-6H3,(H,38,43)(H,39,40,41). The molecule has 1 aliphatic rings. The number of nitrogens with one attached hydrogen (secondary N) is 2. The summed E-state index contributed by atoms with van der Waals surface area (Å²) in [6.07, 6.45) is 0.106. The molecule has 0 bridgehead atoms. The molecule has 1 fully saturated rings. The molecule has 2 N–H and O–H groups in total. The smallest absolute Gasteiger partial charge is 0.265 e. The fourth-order valence-electron chi connectivity index (χ4n) is 5.09. The highest BCUT2D eigenvalue weighted by Gasteiger charge is 2.24. The van der Waals surface area contributed by atoms with Gasteiger partial charge in [-0.1, -0.05) is 77.1 Å². The predicted molar refractivity (Wildman–Crippen MR) is 192 cm³/mol. The quantitative estimate of drug-likeness (QED) is 0.136. The second-order valence-electron chi connectivity index (χ2n) is 12.7. The number of nitrogens with zero attached hydrogens (tertiary/aromatic N) is 3. The van der Waals surface area contributed by atoms with Gasteiger partial charge in [-0.2, -0.15) is 9.97 Å². The lowest BCUT2D eigenvalue weighted by Gasteiger charge is -2.28. The van der Waals surface area contributed by atoms with Crippen molar-refractivity contribution in [2.45, 2.75) is 57.3 Å². The van der Waals surface area contributed by atoms with E-state index in [1.54, 1.807) is 13.2 Å². The molecule has 48 heavy (non-hydrogen) atoms. The van der Waals surface area contributed by atoms with Gasteiger partial charge in [0.15, 0.2) is 17.3 Å². The fourth-order valence-corrected chi connectivity index (χ4v) is 5.72. The van der Waals surface area contributed by atoms with Crippen LogP contribution in [0.1, 0.15) is 58.1 Å². The van der Waals surface area contributed by atoms with Gasteiger partial charge in [0.05, 0.1) is 33.4 Å². The minimum Gasteiger partial charge on any atom is -0.493 e. The summed E-state index contributed by atoms with van der Waals surface area (Å²) in [6.45, 7) is 13.2. The maximum Gasteiger partial charge on any atom is 0.265 e. The lowest BCUT2D eigenvalue weighted by Crippen LogP contribution is -2.37. The zero-order chi connectivity index (χ0) is 34.1. The topological polar surface area (TPSA) is 107 Å². The first-order valence-corrected chi connectivity index (χ1v) is 17.0. The number of rotatable bonds is 13. The van der Waals surface area contributed by atoms with Gasteiger partial charge < -0.3 is 33.9 Å². The number of hydrogen-bond donors (Lipinski definition) is 2. The third-order valence-electron chi connectivity index (χ3n) is 7.81. The maximum absolute atomic E-state index is 13.1. The van der Waals surface area contributed by atoms with Crippen molar-refractivity contribution in [1.82, 2.24) is 9.97 Å². The second-order valence-corrected chi connectivity index (χ2v) is 13.6. The zero-order valence-corrected chi connectivity index (χ0v) is 29.4. The molecule has 1 saturated heterocycles. The molecule has 11 heteroatoms. The van der Waals surface area contributed by atoms with E-state index >= 15 is 0 Å². The Morgan fingerprint density at radius 3 is 2.33 bits per heavy atom. The number of morpholine rings is 1. The minimum atomic E-state index is -0.162. The van der Waals surface area contributed by atoms with E-state index in [0.29, 0.717) is 49.6 Å². The van der Waals surface area contributed by atoms with Crippen LogP contribution >= 0.6 is 11.9 Å². The Bertz CT molecular complexity index is 1670. The van der Waals surface area contributed by atoms with E-state index in [0.717, 1.165) is 16.1 Å². The highest BCUT2D eigenvalue weighted by Crippen LogP contribution is 2.42. The van der Waals surface area contributed by atoms with Crippen molar-refractivity contribution < 1.29 is 23.7 Å². The number of carbonyl (C=O) groups is 1.